The van der Waals surface area contributed by atoms with Crippen molar-refractivity contribution in [1.82, 2.24) is 35.6 Å². The van der Waals surface area contributed by atoms with Gasteiger partial charge in [-0.2, -0.15) is 0 Å². The molecule has 21 heteroatoms. The lowest BCUT2D eigenvalue weighted by Crippen LogP contribution is -2.62. The van der Waals surface area contributed by atoms with Gasteiger partial charge in [0.15, 0.2) is 11.9 Å². The highest BCUT2D eigenvalue weighted by Gasteiger charge is 2.46. The number of Topliss-reactive ketones (excluding diaryl/α,β-unsaturated/α-hetero) is 1. The highest BCUT2D eigenvalue weighted by atomic mass is 16.6. The van der Waals surface area contributed by atoms with E-state index in [4.69, 9.17) is 9.47 Å². The molecule has 7 amide bonds. The highest BCUT2D eigenvalue weighted by molar-refractivity contribution is 6.05. The molecule has 0 bridgehead atoms. The number of fused-ring (bicyclic) bond motifs is 1. The number of carbonyl (C=O) groups is 10. The van der Waals surface area contributed by atoms with Gasteiger partial charge >= 0.3 is 11.9 Å². The van der Waals surface area contributed by atoms with Crippen LogP contribution in [0.2, 0.25) is 0 Å². The smallest absolute Gasteiger partial charge is 0.329 e. The van der Waals surface area contributed by atoms with E-state index < -0.39 is 150 Å². The van der Waals surface area contributed by atoms with Crippen LogP contribution in [0.4, 0.5) is 0 Å². The number of rotatable bonds is 14. The molecule has 0 spiro atoms. The van der Waals surface area contributed by atoms with Crippen LogP contribution in [-0.2, 0) is 57.4 Å². The van der Waals surface area contributed by atoms with Gasteiger partial charge in [-0.05, 0) is 95.3 Å². The van der Waals surface area contributed by atoms with Gasteiger partial charge < -0.3 is 55.2 Å². The number of ketones is 1. The lowest BCUT2D eigenvalue weighted by Gasteiger charge is -2.37. The van der Waals surface area contributed by atoms with E-state index in [0.717, 1.165) is 32.1 Å². The number of aliphatic hydroxyl groups excluding tert-OH is 2. The van der Waals surface area contributed by atoms with Crippen molar-refractivity contribution >= 4 is 59.1 Å². The molecule has 0 aromatic rings. The zero-order valence-corrected chi connectivity index (χ0v) is 48.2. The fourth-order valence-electron chi connectivity index (χ4n) is 11.3. The van der Waals surface area contributed by atoms with Crippen LogP contribution in [-0.4, -0.2) is 183 Å². The Morgan fingerprint density at radius 1 is 0.805 bits per heavy atom. The minimum Gasteiger partial charge on any atom is -0.458 e. The zero-order valence-electron chi connectivity index (χ0n) is 48.2. The SMILES string of the molecule is CC[C@H](C)[C@@H]1NC(=O)[C@@H](NC(=O)[C@@H](CC(C)C)N(C)C(=O)[C@@H]2CCCN2C(=O)[C@H](C)O)[C@@H](C)OC(=O)[C@H](CC2CCCCC2)N(C)C(=O)[C@@H]2CCCN2C(=O)[C@H](CC(C)C)NC(=O)[C@@H](C)C(=O)[C@H](C(C)C)OC(=O)C[C@@H]1O. The molecule has 0 radical (unpaired) electrons. The van der Waals surface area contributed by atoms with Gasteiger partial charge in [-0.1, -0.05) is 93.9 Å². The summed E-state index contributed by atoms with van der Waals surface area (Å²) < 4.78 is 11.9. The van der Waals surface area contributed by atoms with E-state index in [9.17, 15) is 58.2 Å². The predicted molar refractivity (Wildman–Crippen MR) is 285 cm³/mol. The number of amides is 7. The van der Waals surface area contributed by atoms with Gasteiger partial charge in [0.1, 0.15) is 48.5 Å². The van der Waals surface area contributed by atoms with Gasteiger partial charge in [0, 0.05) is 27.2 Å². The van der Waals surface area contributed by atoms with Gasteiger partial charge in [-0.25, -0.2) is 4.79 Å². The molecule has 3 aliphatic heterocycles. The summed E-state index contributed by atoms with van der Waals surface area (Å²) in [6, 6.07) is -8.46. The second-order valence-electron chi connectivity index (χ2n) is 23.6. The van der Waals surface area contributed by atoms with E-state index >= 15 is 0 Å². The van der Waals surface area contributed by atoms with Crippen molar-refractivity contribution in [3.05, 3.63) is 0 Å². The largest absolute Gasteiger partial charge is 0.458 e. The molecule has 4 aliphatic rings. The summed E-state index contributed by atoms with van der Waals surface area (Å²) in [5.41, 5.74) is 0. The Labute approximate surface area is 456 Å². The van der Waals surface area contributed by atoms with Crippen molar-refractivity contribution in [3.8, 4) is 0 Å². The van der Waals surface area contributed by atoms with Crippen LogP contribution in [0, 0.1) is 35.5 Å². The average Bonchev–Trinajstić information content (AvgIpc) is 4.08. The van der Waals surface area contributed by atoms with Crippen LogP contribution in [0.1, 0.15) is 166 Å². The number of likely N-dealkylation sites (tertiary alicyclic amines) is 1. The fraction of sp³-hybridized carbons (Fsp3) is 0.821. The number of nitrogens with zero attached hydrogens (tertiary/aromatic N) is 4. The molecule has 1 aliphatic carbocycles. The third-order valence-electron chi connectivity index (χ3n) is 16.2. The van der Waals surface area contributed by atoms with E-state index in [2.05, 4.69) is 16.0 Å². The third-order valence-corrected chi connectivity index (χ3v) is 16.2. The van der Waals surface area contributed by atoms with E-state index in [1.54, 1.807) is 27.7 Å². The minimum absolute atomic E-state index is 0.0150. The van der Waals surface area contributed by atoms with Crippen molar-refractivity contribution < 1.29 is 67.6 Å². The van der Waals surface area contributed by atoms with Crippen molar-refractivity contribution in [3.63, 3.8) is 0 Å². The zero-order chi connectivity index (χ0) is 57.7. The molecule has 21 nitrogen and oxygen atoms in total. The molecule has 0 aromatic heterocycles. The Balaban J connectivity index is 1.85. The van der Waals surface area contributed by atoms with E-state index in [1.165, 1.54) is 54.5 Å². The van der Waals surface area contributed by atoms with Crippen LogP contribution in [0.5, 0.6) is 0 Å². The number of carbonyl (C=O) groups excluding carboxylic acids is 10. The van der Waals surface area contributed by atoms with E-state index in [0.29, 0.717) is 25.7 Å². The molecule has 436 valence electrons. The quantitative estimate of drug-likeness (QED) is 0.124. The fourth-order valence-corrected chi connectivity index (χ4v) is 11.3. The van der Waals surface area contributed by atoms with Crippen LogP contribution in [0.3, 0.4) is 0 Å². The van der Waals surface area contributed by atoms with Crippen LogP contribution >= 0.6 is 0 Å². The first-order chi connectivity index (χ1) is 36.1. The number of hydrogen-bond donors (Lipinski definition) is 5. The number of likely N-dealkylation sites (N-methyl/N-ethyl adjacent to an activating group) is 2. The average molecular weight is 1090 g/mol. The van der Waals surface area contributed by atoms with Crippen LogP contribution < -0.4 is 16.0 Å². The monoisotopic (exact) mass is 1090 g/mol. The van der Waals surface area contributed by atoms with Crippen LogP contribution in [0.15, 0.2) is 0 Å². The summed E-state index contributed by atoms with van der Waals surface area (Å²) in [5, 5.41) is 30.3. The maximum absolute atomic E-state index is 15.0. The van der Waals surface area contributed by atoms with Gasteiger partial charge in [-0.15, -0.1) is 0 Å². The Morgan fingerprint density at radius 3 is 2.03 bits per heavy atom. The number of cyclic esters (lactones) is 2. The Hall–Kier alpha value is -5.18. The number of aliphatic hydroxyl groups is 2. The summed E-state index contributed by atoms with van der Waals surface area (Å²) in [4.78, 5) is 149. The topological polar surface area (TPSA) is 279 Å². The maximum Gasteiger partial charge on any atom is 0.329 e. The second kappa shape index (κ2) is 29.2. The van der Waals surface area contributed by atoms with E-state index in [-0.39, 0.29) is 56.5 Å². The van der Waals surface area contributed by atoms with Gasteiger partial charge in [0.2, 0.25) is 35.4 Å². The summed E-state index contributed by atoms with van der Waals surface area (Å²) in [6.07, 6.45) is 0.125. The Kier molecular flexibility index (Phi) is 24.4. The number of hydrogen-bond acceptors (Lipinski definition) is 14. The second-order valence-corrected chi connectivity index (χ2v) is 23.6. The molecule has 0 aromatic carbocycles. The van der Waals surface area contributed by atoms with Crippen molar-refractivity contribution in [2.45, 2.75) is 233 Å². The van der Waals surface area contributed by atoms with E-state index in [1.807, 2.05) is 27.7 Å². The molecule has 5 N–H and O–H groups in total. The number of esters is 2. The Morgan fingerprint density at radius 2 is 1.44 bits per heavy atom. The summed E-state index contributed by atoms with van der Waals surface area (Å²) in [6.45, 7) is 18.7. The lowest BCUT2D eigenvalue weighted by molar-refractivity contribution is -0.163. The predicted octanol–water partition coefficient (Wildman–Crippen LogP) is 3.04. The number of ether oxygens (including phenoxy) is 2. The first-order valence-corrected chi connectivity index (χ1v) is 28.5. The third kappa shape index (κ3) is 16.9. The van der Waals surface area contributed by atoms with Gasteiger partial charge in [0.25, 0.3) is 5.91 Å². The van der Waals surface area contributed by atoms with Crippen molar-refractivity contribution in [2.75, 3.05) is 27.2 Å². The molecular weight excluding hydrogens is 995 g/mol. The standard InChI is InChI=1S/C56H93N7O14/c1-14-33(8)45-43(65)29-44(66)77-48(32(6)7)47(67)34(9)49(68)57-38(26-30(2)3)53(72)63-25-19-23-40(63)55(74)61(13)42(28-37-20-16-15-17-21-37)56(75)76-36(11)46(51(70)58-45)59-50(69)41(27-31(4)5)60(12)54(73)39-22-18-24-62(39)52(71)35(10)64/h30-43,45-46,48,64-65H,14-29H2,1-13H3,(H,57,68)(H,58,70)(H,59,69)/t33-,34-,35-,36+,38-,39-,40-,41+,42-,43-,45-,46-,48-/m0/s1. The first-order valence-electron chi connectivity index (χ1n) is 28.5. The maximum atomic E-state index is 15.0. The molecule has 3 heterocycles. The molecule has 4 fully saturated rings. The molecular formula is C56H93N7O14. The lowest BCUT2D eigenvalue weighted by atomic mass is 9.84. The van der Waals surface area contributed by atoms with Crippen LogP contribution in [0.25, 0.3) is 0 Å². The van der Waals surface area contributed by atoms with Gasteiger partial charge in [-0.3, -0.25) is 43.2 Å². The Bertz CT molecular complexity index is 2100. The molecule has 1 saturated carbocycles. The molecule has 77 heavy (non-hydrogen) atoms. The highest BCUT2D eigenvalue weighted by Crippen LogP contribution is 2.31. The molecule has 13 atom stereocenters. The molecule has 3 saturated heterocycles. The van der Waals surface area contributed by atoms with Gasteiger partial charge in [0.05, 0.1) is 24.5 Å². The first kappa shape index (κ1) is 64.3. The van der Waals surface area contributed by atoms with Crippen molar-refractivity contribution in [2.24, 2.45) is 35.5 Å². The summed E-state index contributed by atoms with van der Waals surface area (Å²) in [7, 11) is 2.90. The summed E-state index contributed by atoms with van der Waals surface area (Å²) >= 11 is 0. The summed E-state index contributed by atoms with van der Waals surface area (Å²) in [5.74, 6) is -10.2. The molecule has 0 unspecified atom stereocenters. The normalized spacial score (nSPS) is 29.6. The minimum atomic E-state index is -1.71. The number of nitrogens with one attached hydrogen (secondary N) is 3. The van der Waals surface area contributed by atoms with Crippen molar-refractivity contribution in [1.29, 1.82) is 0 Å². The molecule has 4 rings (SSSR count).